The van der Waals surface area contributed by atoms with Gasteiger partial charge in [0.25, 0.3) is 0 Å². The molecule has 0 saturated heterocycles. The second-order valence-corrected chi connectivity index (χ2v) is 4.33. The van der Waals surface area contributed by atoms with Gasteiger partial charge in [-0.15, -0.1) is 0 Å². The zero-order valence-electron chi connectivity index (χ0n) is 10.1. The summed E-state index contributed by atoms with van der Waals surface area (Å²) >= 11 is 0. The lowest BCUT2D eigenvalue weighted by atomic mass is 10.00. The molecule has 0 aromatic carbocycles. The van der Waals surface area contributed by atoms with Gasteiger partial charge in [0.15, 0.2) is 0 Å². The molecule has 2 fully saturated rings. The normalized spacial score (nSPS) is 28.7. The van der Waals surface area contributed by atoms with Gasteiger partial charge >= 0.3 is 0 Å². The Kier molecular flexibility index (Phi) is 3.83. The van der Waals surface area contributed by atoms with E-state index in [0.717, 1.165) is 12.8 Å². The van der Waals surface area contributed by atoms with E-state index in [0.29, 0.717) is 0 Å². The molecule has 2 heteroatoms. The maximum Gasteiger partial charge on any atom is 0.144 e. The van der Waals surface area contributed by atoms with Crippen molar-refractivity contribution in [2.75, 3.05) is 0 Å². The van der Waals surface area contributed by atoms with Crippen molar-refractivity contribution in [3.8, 4) is 0 Å². The Balaban J connectivity index is 0.000000531. The van der Waals surface area contributed by atoms with Crippen molar-refractivity contribution in [3.63, 3.8) is 0 Å². The van der Waals surface area contributed by atoms with Crippen molar-refractivity contribution < 1.29 is 9.59 Å². The standard InChI is InChI=1S/C11H14O2.C2H6/c1-6(2)7-3-8-9(4-7)11(13)5-10(8)12;1-2/h8-9H,3-5H2,1-2H3;1-2H3/t8-,9+;. The molecule has 2 nitrogen and oxygen atoms in total. The number of Topliss-reactive ketones (excluding diaryl/α,β-unsaturated/α-hetero) is 2. The predicted octanol–water partition coefficient (Wildman–Crippen LogP) is 2.92. The van der Waals surface area contributed by atoms with Crippen LogP contribution in [0.25, 0.3) is 0 Å². The zero-order valence-corrected chi connectivity index (χ0v) is 10.1. The summed E-state index contributed by atoms with van der Waals surface area (Å²) in [5, 5.41) is 0. The van der Waals surface area contributed by atoms with Gasteiger partial charge in [-0.25, -0.2) is 0 Å². The molecule has 0 aromatic rings. The largest absolute Gasteiger partial charge is 0.299 e. The van der Waals surface area contributed by atoms with Crippen LogP contribution in [0.2, 0.25) is 0 Å². The molecule has 2 atom stereocenters. The Morgan fingerprint density at radius 1 is 1.00 bits per heavy atom. The Hall–Kier alpha value is -0.920. The molecule has 0 N–H and O–H groups in total. The first-order chi connectivity index (χ1) is 7.09. The molecule has 0 unspecified atom stereocenters. The minimum Gasteiger partial charge on any atom is -0.299 e. The molecule has 2 aliphatic rings. The molecule has 0 aliphatic heterocycles. The van der Waals surface area contributed by atoms with Crippen LogP contribution >= 0.6 is 0 Å². The van der Waals surface area contributed by atoms with E-state index in [9.17, 15) is 9.59 Å². The summed E-state index contributed by atoms with van der Waals surface area (Å²) < 4.78 is 0. The van der Waals surface area contributed by atoms with E-state index in [2.05, 4.69) is 13.8 Å². The highest BCUT2D eigenvalue weighted by atomic mass is 16.2. The Bertz CT molecular complexity index is 284. The molecule has 0 aromatic heterocycles. The molecule has 0 bridgehead atoms. The first-order valence-corrected chi connectivity index (χ1v) is 5.80. The van der Waals surface area contributed by atoms with E-state index in [1.807, 2.05) is 13.8 Å². The first kappa shape index (κ1) is 12.2. The van der Waals surface area contributed by atoms with Crippen LogP contribution in [-0.4, -0.2) is 11.6 Å². The molecule has 0 spiro atoms. The monoisotopic (exact) mass is 208 g/mol. The van der Waals surface area contributed by atoms with Gasteiger partial charge in [-0.2, -0.15) is 0 Å². The van der Waals surface area contributed by atoms with Gasteiger partial charge < -0.3 is 0 Å². The lowest BCUT2D eigenvalue weighted by Crippen LogP contribution is -2.09. The van der Waals surface area contributed by atoms with Gasteiger partial charge in [0.1, 0.15) is 11.6 Å². The van der Waals surface area contributed by atoms with E-state index < -0.39 is 0 Å². The van der Waals surface area contributed by atoms with Crippen LogP contribution in [0.1, 0.15) is 47.0 Å². The van der Waals surface area contributed by atoms with Crippen molar-refractivity contribution in [1.82, 2.24) is 0 Å². The van der Waals surface area contributed by atoms with Crippen molar-refractivity contribution in [2.24, 2.45) is 11.8 Å². The van der Waals surface area contributed by atoms with Gasteiger partial charge in [-0.3, -0.25) is 9.59 Å². The van der Waals surface area contributed by atoms with Crippen molar-refractivity contribution in [3.05, 3.63) is 11.1 Å². The molecule has 84 valence electrons. The maximum absolute atomic E-state index is 11.4. The third-order valence-corrected chi connectivity index (χ3v) is 3.30. The highest BCUT2D eigenvalue weighted by Crippen LogP contribution is 2.43. The average molecular weight is 208 g/mol. The van der Waals surface area contributed by atoms with Crippen LogP contribution in [0.15, 0.2) is 11.1 Å². The summed E-state index contributed by atoms with van der Waals surface area (Å²) in [6.07, 6.45) is 1.89. The Labute approximate surface area is 91.7 Å². The van der Waals surface area contributed by atoms with Crippen molar-refractivity contribution in [2.45, 2.75) is 47.0 Å². The van der Waals surface area contributed by atoms with Crippen LogP contribution in [-0.2, 0) is 9.59 Å². The fourth-order valence-electron chi connectivity index (χ4n) is 2.42. The van der Waals surface area contributed by atoms with Gasteiger partial charge in [0.05, 0.1) is 6.42 Å². The molecular weight excluding hydrogens is 188 g/mol. The molecule has 0 heterocycles. The summed E-state index contributed by atoms with van der Waals surface area (Å²) in [5.41, 5.74) is 2.62. The highest BCUT2D eigenvalue weighted by Gasteiger charge is 2.45. The number of hydrogen-bond acceptors (Lipinski definition) is 2. The fraction of sp³-hybridized carbons (Fsp3) is 0.692. The summed E-state index contributed by atoms with van der Waals surface area (Å²) in [7, 11) is 0. The highest BCUT2D eigenvalue weighted by molar-refractivity contribution is 6.09. The van der Waals surface area contributed by atoms with Crippen molar-refractivity contribution in [1.29, 1.82) is 0 Å². The molecular formula is C13H20O2. The molecule has 2 aliphatic carbocycles. The number of carbonyl (C=O) groups excluding carboxylic acids is 2. The molecule has 2 saturated carbocycles. The van der Waals surface area contributed by atoms with Crippen molar-refractivity contribution >= 4 is 11.6 Å². The number of ketones is 2. The topological polar surface area (TPSA) is 34.1 Å². The number of hydrogen-bond donors (Lipinski definition) is 0. The van der Waals surface area contributed by atoms with Crippen LogP contribution < -0.4 is 0 Å². The third-order valence-electron chi connectivity index (χ3n) is 3.30. The van der Waals surface area contributed by atoms with Crippen LogP contribution in [0.3, 0.4) is 0 Å². The Morgan fingerprint density at radius 2 is 1.40 bits per heavy atom. The van der Waals surface area contributed by atoms with E-state index in [-0.39, 0.29) is 29.8 Å². The summed E-state index contributed by atoms with van der Waals surface area (Å²) in [6.45, 7) is 8.12. The third kappa shape index (κ3) is 2.19. The number of carbonyl (C=O) groups is 2. The molecule has 0 radical (unpaired) electrons. The molecule has 15 heavy (non-hydrogen) atoms. The van der Waals surface area contributed by atoms with Gasteiger partial charge in [0, 0.05) is 11.8 Å². The van der Waals surface area contributed by atoms with Crippen LogP contribution in [0, 0.1) is 11.8 Å². The quantitative estimate of drug-likeness (QED) is 0.453. The fourth-order valence-corrected chi connectivity index (χ4v) is 2.42. The summed E-state index contributed by atoms with van der Waals surface area (Å²) in [6, 6.07) is 0. The number of fused-ring (bicyclic) bond motifs is 1. The SMILES string of the molecule is CC.CC(C)=C1C[C@@H]2C(=O)CC(=O)[C@@H]2C1. The smallest absolute Gasteiger partial charge is 0.144 e. The average Bonchev–Trinajstić information content (AvgIpc) is 2.73. The van der Waals surface area contributed by atoms with Gasteiger partial charge in [0.2, 0.25) is 0 Å². The zero-order chi connectivity index (χ0) is 11.6. The maximum atomic E-state index is 11.4. The van der Waals surface area contributed by atoms with E-state index in [1.54, 1.807) is 0 Å². The summed E-state index contributed by atoms with van der Waals surface area (Å²) in [4.78, 5) is 22.8. The van der Waals surface area contributed by atoms with E-state index >= 15 is 0 Å². The number of allylic oxidation sites excluding steroid dienone is 2. The second kappa shape index (κ2) is 4.73. The second-order valence-electron chi connectivity index (χ2n) is 4.33. The summed E-state index contributed by atoms with van der Waals surface area (Å²) in [5.74, 6) is 0.423. The number of rotatable bonds is 0. The van der Waals surface area contributed by atoms with Gasteiger partial charge in [-0.05, 0) is 26.7 Å². The Morgan fingerprint density at radius 3 is 1.73 bits per heavy atom. The molecule has 2 rings (SSSR count). The lowest BCUT2D eigenvalue weighted by molar-refractivity contribution is -0.123. The first-order valence-electron chi connectivity index (χ1n) is 5.80. The van der Waals surface area contributed by atoms with E-state index in [4.69, 9.17) is 0 Å². The predicted molar refractivity (Wildman–Crippen MR) is 60.6 cm³/mol. The lowest BCUT2D eigenvalue weighted by Gasteiger charge is -2.01. The van der Waals surface area contributed by atoms with E-state index in [1.165, 1.54) is 11.1 Å². The minimum atomic E-state index is 0.0393. The molecule has 0 amide bonds. The minimum absolute atomic E-state index is 0.0393. The van der Waals surface area contributed by atoms with Gasteiger partial charge in [-0.1, -0.05) is 25.0 Å². The van der Waals surface area contributed by atoms with Crippen LogP contribution in [0.5, 0.6) is 0 Å². The van der Waals surface area contributed by atoms with Crippen LogP contribution in [0.4, 0.5) is 0 Å².